The number of halogens is 4. The number of alkyl halides is 4. The van der Waals surface area contributed by atoms with Crippen molar-refractivity contribution in [1.29, 1.82) is 0 Å². The fourth-order valence-corrected chi connectivity index (χ4v) is 6.46. The number of amidine groups is 1. The summed E-state index contributed by atoms with van der Waals surface area (Å²) in [6.07, 6.45) is -1.23. The second-order valence-electron chi connectivity index (χ2n) is 11.0. The number of nitrogens with zero attached hydrogens (tertiary/aromatic N) is 1. The topological polar surface area (TPSA) is 86.8 Å². The molecule has 1 amide bonds. The Balaban J connectivity index is 1.41. The summed E-state index contributed by atoms with van der Waals surface area (Å²) >= 11 is 0. The van der Waals surface area contributed by atoms with Gasteiger partial charge in [-0.1, -0.05) is 0 Å². The summed E-state index contributed by atoms with van der Waals surface area (Å²) in [5.74, 6) is -1.65. The van der Waals surface area contributed by atoms with E-state index in [4.69, 9.17) is 4.74 Å². The van der Waals surface area contributed by atoms with Gasteiger partial charge in [0.1, 0.15) is 6.17 Å². The predicted octanol–water partition coefficient (Wildman–Crippen LogP) is 2.71. The fourth-order valence-electron chi connectivity index (χ4n) is 6.46. The van der Waals surface area contributed by atoms with Crippen LogP contribution in [0.15, 0.2) is 4.99 Å². The van der Waals surface area contributed by atoms with Crippen LogP contribution in [0.3, 0.4) is 0 Å². The number of rotatable bonds is 7. The van der Waals surface area contributed by atoms with E-state index in [0.717, 1.165) is 44.6 Å². The molecule has 1 saturated carbocycles. The first-order chi connectivity index (χ1) is 17.2. The minimum atomic E-state index is -4.46. The molecule has 36 heavy (non-hydrogen) atoms. The molecule has 11 heteroatoms. The van der Waals surface area contributed by atoms with Crippen LogP contribution in [0, 0.1) is 17.8 Å². The van der Waals surface area contributed by atoms with Crippen LogP contribution < -0.4 is 21.3 Å². The van der Waals surface area contributed by atoms with Crippen molar-refractivity contribution in [1.82, 2.24) is 21.3 Å². The molecule has 2 saturated heterocycles. The van der Waals surface area contributed by atoms with Crippen molar-refractivity contribution in [3.63, 3.8) is 0 Å². The number of hydrogen-bond donors (Lipinski definition) is 4. The van der Waals surface area contributed by atoms with Crippen LogP contribution in [0.5, 0.6) is 0 Å². The highest BCUT2D eigenvalue weighted by atomic mass is 19.4. The zero-order valence-electron chi connectivity index (χ0n) is 21.1. The predicted molar refractivity (Wildman–Crippen MR) is 130 cm³/mol. The van der Waals surface area contributed by atoms with Crippen molar-refractivity contribution in [2.75, 3.05) is 33.3 Å². The van der Waals surface area contributed by atoms with Gasteiger partial charge in [-0.25, -0.2) is 4.39 Å². The molecule has 3 fully saturated rings. The monoisotopic (exact) mass is 519 g/mol. The lowest BCUT2D eigenvalue weighted by atomic mass is 9.70. The zero-order chi connectivity index (χ0) is 25.7. The van der Waals surface area contributed by atoms with Crippen molar-refractivity contribution < 1.29 is 27.1 Å². The van der Waals surface area contributed by atoms with E-state index in [1.54, 1.807) is 7.11 Å². The summed E-state index contributed by atoms with van der Waals surface area (Å²) in [6.45, 7) is 2.63. The Kier molecular flexibility index (Phi) is 9.49. The van der Waals surface area contributed by atoms with Gasteiger partial charge in [0.2, 0.25) is 5.91 Å². The highest BCUT2D eigenvalue weighted by molar-refractivity contribution is 5.83. The van der Waals surface area contributed by atoms with Crippen molar-refractivity contribution in [3.8, 4) is 0 Å². The van der Waals surface area contributed by atoms with Crippen molar-refractivity contribution >= 4 is 11.7 Å². The van der Waals surface area contributed by atoms with Crippen LogP contribution in [0.4, 0.5) is 17.6 Å². The van der Waals surface area contributed by atoms with Gasteiger partial charge >= 0.3 is 6.18 Å². The molecule has 0 bridgehead atoms. The minimum absolute atomic E-state index is 0.0259. The summed E-state index contributed by atoms with van der Waals surface area (Å²) < 4.78 is 61.1. The maximum atomic E-state index is 14.0. The number of amides is 1. The summed E-state index contributed by atoms with van der Waals surface area (Å²) in [5.41, 5.74) is 0. The number of nitrogens with one attached hydrogen (secondary N) is 4. The summed E-state index contributed by atoms with van der Waals surface area (Å²) in [4.78, 5) is 17.6. The maximum Gasteiger partial charge on any atom is 0.392 e. The van der Waals surface area contributed by atoms with E-state index in [0.29, 0.717) is 25.9 Å². The van der Waals surface area contributed by atoms with Crippen LogP contribution in [0.1, 0.15) is 57.8 Å². The molecule has 4 rings (SSSR count). The Labute approximate surface area is 211 Å². The number of aliphatic imine (C=N–C) groups is 1. The normalized spacial score (nSPS) is 37.9. The van der Waals surface area contributed by atoms with Crippen LogP contribution in [0.25, 0.3) is 0 Å². The molecule has 8 unspecified atom stereocenters. The molecule has 7 nitrogen and oxygen atoms in total. The summed E-state index contributed by atoms with van der Waals surface area (Å²) in [6, 6.07) is -0.976. The molecule has 4 aliphatic rings. The van der Waals surface area contributed by atoms with Crippen LogP contribution in [-0.2, 0) is 9.53 Å². The molecular formula is C25H41F4N5O2. The van der Waals surface area contributed by atoms with Gasteiger partial charge in [-0.05, 0) is 69.7 Å². The van der Waals surface area contributed by atoms with Crippen molar-refractivity contribution in [2.45, 2.75) is 94.4 Å². The summed E-state index contributed by atoms with van der Waals surface area (Å²) in [5, 5.41) is 13.0. The molecule has 0 aromatic carbocycles. The van der Waals surface area contributed by atoms with E-state index in [1.165, 1.54) is 0 Å². The van der Waals surface area contributed by atoms with E-state index >= 15 is 0 Å². The molecule has 0 radical (unpaired) electrons. The lowest BCUT2D eigenvalue weighted by molar-refractivity contribution is -0.206. The molecule has 3 aliphatic heterocycles. The number of piperidine rings is 2. The van der Waals surface area contributed by atoms with Gasteiger partial charge in [0, 0.05) is 45.2 Å². The minimum Gasteiger partial charge on any atom is -0.381 e. The van der Waals surface area contributed by atoms with E-state index in [1.807, 2.05) is 0 Å². The second kappa shape index (κ2) is 12.4. The van der Waals surface area contributed by atoms with Gasteiger partial charge in [0.15, 0.2) is 0 Å². The van der Waals surface area contributed by atoms with E-state index < -0.39 is 42.7 Å². The Morgan fingerprint density at radius 3 is 2.69 bits per heavy atom. The largest absolute Gasteiger partial charge is 0.392 e. The fraction of sp³-hybridized carbons (Fsp3) is 0.920. The number of carbonyl (C=O) groups excluding carboxylic acids is 1. The SMILES string of the molecule is COC1CCNC(CNC(=O)C2CC(CNC3=NCCC3)CC(C3CCC(F)CC3C(F)(F)F)N2)C1. The van der Waals surface area contributed by atoms with E-state index in [-0.39, 0.29) is 36.8 Å². The lowest BCUT2D eigenvalue weighted by Gasteiger charge is -2.45. The van der Waals surface area contributed by atoms with Crippen molar-refractivity contribution in [3.05, 3.63) is 0 Å². The van der Waals surface area contributed by atoms with E-state index in [2.05, 4.69) is 26.3 Å². The van der Waals surface area contributed by atoms with Crippen LogP contribution >= 0.6 is 0 Å². The summed E-state index contributed by atoms with van der Waals surface area (Å²) in [7, 11) is 1.69. The Morgan fingerprint density at radius 2 is 1.97 bits per heavy atom. The molecule has 3 heterocycles. The lowest BCUT2D eigenvalue weighted by Crippen LogP contribution is -2.59. The van der Waals surface area contributed by atoms with E-state index in [9.17, 15) is 22.4 Å². The van der Waals surface area contributed by atoms with Crippen LogP contribution in [-0.4, -0.2) is 81.6 Å². The second-order valence-corrected chi connectivity index (χ2v) is 11.0. The Hall–Kier alpha value is -1.46. The Bertz CT molecular complexity index is 767. The molecule has 4 N–H and O–H groups in total. The highest BCUT2D eigenvalue weighted by Crippen LogP contribution is 2.45. The third-order valence-electron chi connectivity index (χ3n) is 8.44. The van der Waals surface area contributed by atoms with Gasteiger partial charge in [-0.15, -0.1) is 0 Å². The zero-order valence-corrected chi connectivity index (χ0v) is 21.1. The number of methoxy groups -OCH3 is 1. The van der Waals surface area contributed by atoms with Crippen molar-refractivity contribution in [2.24, 2.45) is 22.7 Å². The quantitative estimate of drug-likeness (QED) is 0.389. The highest BCUT2D eigenvalue weighted by Gasteiger charge is 2.51. The average Bonchev–Trinajstić information content (AvgIpc) is 3.39. The smallest absolute Gasteiger partial charge is 0.381 e. The average molecular weight is 520 g/mol. The third kappa shape index (κ3) is 7.31. The first kappa shape index (κ1) is 27.6. The molecule has 206 valence electrons. The first-order valence-corrected chi connectivity index (χ1v) is 13.5. The molecule has 0 spiro atoms. The van der Waals surface area contributed by atoms with Gasteiger partial charge in [-0.2, -0.15) is 13.2 Å². The van der Waals surface area contributed by atoms with Gasteiger partial charge in [0.05, 0.1) is 23.9 Å². The maximum absolute atomic E-state index is 14.0. The number of ether oxygens (including phenoxy) is 1. The number of hydrogen-bond acceptors (Lipinski definition) is 6. The van der Waals surface area contributed by atoms with Gasteiger partial charge in [0.25, 0.3) is 0 Å². The van der Waals surface area contributed by atoms with Gasteiger partial charge < -0.3 is 26.0 Å². The first-order valence-electron chi connectivity index (χ1n) is 13.5. The standard InChI is InChI=1S/C25H41F4N5O2/c1-36-18-6-8-30-17(12-18)14-33-24(35)22-10-15(13-32-23-3-2-7-31-23)9-21(34-22)19-5-4-16(26)11-20(19)25(27,28)29/h15-22,30,34H,2-14H2,1H3,(H,31,32)(H,33,35). The number of carbonyl (C=O) groups is 1. The molecule has 1 aliphatic carbocycles. The molecular weight excluding hydrogens is 478 g/mol. The molecule has 0 aromatic heterocycles. The molecule has 0 aromatic rings. The van der Waals surface area contributed by atoms with Crippen LogP contribution in [0.2, 0.25) is 0 Å². The molecule has 8 atom stereocenters. The van der Waals surface area contributed by atoms with Gasteiger partial charge in [-0.3, -0.25) is 9.79 Å². The Morgan fingerprint density at radius 1 is 1.14 bits per heavy atom. The third-order valence-corrected chi connectivity index (χ3v) is 8.44.